The Bertz CT molecular complexity index is 914. The average molecular weight is 400 g/mol. The lowest BCUT2D eigenvalue weighted by Gasteiger charge is -2.40. The van der Waals surface area contributed by atoms with E-state index in [-0.39, 0.29) is 12.4 Å². The smallest absolute Gasteiger partial charge is 0.326 e. The number of ether oxygens (including phenoxy) is 2. The Labute approximate surface area is 167 Å². The molecule has 2 heterocycles. The van der Waals surface area contributed by atoms with Crippen LogP contribution in [0.3, 0.4) is 0 Å². The molecule has 0 aliphatic carbocycles. The topological polar surface area (TPSA) is 74.4 Å². The van der Waals surface area contributed by atoms with Crippen LogP contribution < -0.4 is 19.8 Å². The highest BCUT2D eigenvalue weighted by atomic mass is 19.1. The number of methoxy groups -OCH3 is 2. The van der Waals surface area contributed by atoms with Crippen LogP contribution in [0.15, 0.2) is 42.5 Å². The second-order valence-electron chi connectivity index (χ2n) is 6.78. The quantitative estimate of drug-likeness (QED) is 0.764. The van der Waals surface area contributed by atoms with Crippen molar-refractivity contribution in [1.29, 1.82) is 0 Å². The highest BCUT2D eigenvalue weighted by Crippen LogP contribution is 2.27. The number of hydrogen-bond donors (Lipinski definition) is 1. The van der Waals surface area contributed by atoms with E-state index in [9.17, 15) is 14.0 Å². The van der Waals surface area contributed by atoms with E-state index in [1.807, 2.05) is 4.90 Å². The summed E-state index contributed by atoms with van der Waals surface area (Å²) < 4.78 is 23.8. The highest BCUT2D eigenvalue weighted by Gasteiger charge is 2.45. The molecule has 2 aromatic carbocycles. The van der Waals surface area contributed by atoms with Gasteiger partial charge in [-0.25, -0.2) is 4.39 Å². The SMILES string of the molecule is COc1cc(CN2NC3N(CCN3c3ccc(F)cc3)C(=O)C2=O)cc(OC)c1. The van der Waals surface area contributed by atoms with E-state index in [1.165, 1.54) is 22.0 Å². The zero-order valence-corrected chi connectivity index (χ0v) is 16.1. The van der Waals surface area contributed by atoms with Crippen LogP contribution in [-0.4, -0.2) is 55.3 Å². The molecule has 0 radical (unpaired) electrons. The summed E-state index contributed by atoms with van der Waals surface area (Å²) in [5.41, 5.74) is 4.63. The van der Waals surface area contributed by atoms with E-state index in [1.54, 1.807) is 44.6 Å². The second-order valence-corrected chi connectivity index (χ2v) is 6.78. The Morgan fingerprint density at radius 1 is 0.966 bits per heavy atom. The molecular formula is C20H21FN4O4. The first-order chi connectivity index (χ1) is 14.0. The van der Waals surface area contributed by atoms with Crippen LogP contribution in [0.1, 0.15) is 5.56 Å². The fourth-order valence-electron chi connectivity index (χ4n) is 3.58. The fraction of sp³-hybridized carbons (Fsp3) is 0.300. The first-order valence-electron chi connectivity index (χ1n) is 9.13. The number of rotatable bonds is 5. The number of anilines is 1. The van der Waals surface area contributed by atoms with Gasteiger partial charge in [-0.1, -0.05) is 0 Å². The third-order valence-corrected chi connectivity index (χ3v) is 5.04. The van der Waals surface area contributed by atoms with Crippen molar-refractivity contribution in [3.8, 4) is 11.5 Å². The number of nitrogens with zero attached hydrogens (tertiary/aromatic N) is 3. The van der Waals surface area contributed by atoms with Gasteiger partial charge in [-0.2, -0.15) is 5.43 Å². The summed E-state index contributed by atoms with van der Waals surface area (Å²) in [6.45, 7) is 1.09. The lowest BCUT2D eigenvalue weighted by Crippen LogP contribution is -2.67. The van der Waals surface area contributed by atoms with Crippen LogP contribution in [0.4, 0.5) is 10.1 Å². The molecule has 0 aromatic heterocycles. The Balaban J connectivity index is 1.58. The molecule has 1 atom stereocenters. The number of nitrogens with one attached hydrogen (secondary N) is 1. The van der Waals surface area contributed by atoms with E-state index in [0.29, 0.717) is 24.6 Å². The van der Waals surface area contributed by atoms with Crippen molar-refractivity contribution in [1.82, 2.24) is 15.3 Å². The number of benzene rings is 2. The molecule has 29 heavy (non-hydrogen) atoms. The normalized spacial score (nSPS) is 18.9. The van der Waals surface area contributed by atoms with Crippen LogP contribution in [-0.2, 0) is 16.1 Å². The van der Waals surface area contributed by atoms with Crippen LogP contribution in [0.25, 0.3) is 0 Å². The maximum atomic E-state index is 13.3. The van der Waals surface area contributed by atoms with Gasteiger partial charge in [0.25, 0.3) is 0 Å². The third-order valence-electron chi connectivity index (χ3n) is 5.04. The lowest BCUT2D eigenvalue weighted by atomic mass is 10.2. The lowest BCUT2D eigenvalue weighted by molar-refractivity contribution is -0.163. The zero-order chi connectivity index (χ0) is 20.5. The molecule has 0 bridgehead atoms. The van der Waals surface area contributed by atoms with Crippen LogP contribution >= 0.6 is 0 Å². The van der Waals surface area contributed by atoms with Crippen molar-refractivity contribution in [3.05, 3.63) is 53.8 Å². The van der Waals surface area contributed by atoms with Gasteiger partial charge in [-0.05, 0) is 42.0 Å². The molecule has 2 saturated heterocycles. The summed E-state index contributed by atoms with van der Waals surface area (Å²) in [5, 5.41) is 1.29. The van der Waals surface area contributed by atoms with Gasteiger partial charge in [0.05, 0.1) is 20.8 Å². The first kappa shape index (κ1) is 19.0. The molecule has 4 rings (SSSR count). The first-order valence-corrected chi connectivity index (χ1v) is 9.13. The van der Waals surface area contributed by atoms with E-state index in [2.05, 4.69) is 5.43 Å². The van der Waals surface area contributed by atoms with E-state index in [0.717, 1.165) is 11.3 Å². The Hall–Kier alpha value is -3.33. The van der Waals surface area contributed by atoms with Crippen LogP contribution in [0.2, 0.25) is 0 Å². The summed E-state index contributed by atoms with van der Waals surface area (Å²) >= 11 is 0. The summed E-state index contributed by atoms with van der Waals surface area (Å²) in [7, 11) is 3.09. The number of fused-ring (bicyclic) bond motifs is 1. The Kier molecular flexibility index (Phi) is 4.98. The van der Waals surface area contributed by atoms with Gasteiger partial charge < -0.3 is 14.4 Å². The molecular weight excluding hydrogens is 379 g/mol. The standard InChI is InChI=1S/C20H21FN4O4/c1-28-16-9-13(10-17(11-16)29-2)12-25-19(27)18(26)24-8-7-23(20(24)22-25)15-5-3-14(21)4-6-15/h3-6,9-11,20,22H,7-8,12H2,1-2H3. The number of halogens is 1. The number of amides is 2. The van der Waals surface area contributed by atoms with Crippen molar-refractivity contribution >= 4 is 17.5 Å². The van der Waals surface area contributed by atoms with Gasteiger partial charge in [0.1, 0.15) is 17.3 Å². The summed E-state index contributed by atoms with van der Waals surface area (Å²) in [6, 6.07) is 11.3. The summed E-state index contributed by atoms with van der Waals surface area (Å²) in [4.78, 5) is 28.7. The average Bonchev–Trinajstić information content (AvgIpc) is 3.16. The molecule has 1 unspecified atom stereocenters. The van der Waals surface area contributed by atoms with E-state index >= 15 is 0 Å². The minimum absolute atomic E-state index is 0.153. The minimum Gasteiger partial charge on any atom is -0.497 e. The Morgan fingerprint density at radius 2 is 1.59 bits per heavy atom. The summed E-state index contributed by atoms with van der Waals surface area (Å²) in [5.74, 6) is -0.366. The maximum absolute atomic E-state index is 13.3. The minimum atomic E-state index is -0.635. The number of hydrazine groups is 1. The molecule has 0 spiro atoms. The van der Waals surface area contributed by atoms with Crippen LogP contribution in [0, 0.1) is 5.82 Å². The maximum Gasteiger partial charge on any atom is 0.326 e. The number of hydrogen-bond acceptors (Lipinski definition) is 6. The zero-order valence-electron chi connectivity index (χ0n) is 16.1. The molecule has 2 amide bonds. The van der Waals surface area contributed by atoms with Crippen molar-refractivity contribution in [2.45, 2.75) is 12.8 Å². The Morgan fingerprint density at radius 3 is 2.21 bits per heavy atom. The molecule has 8 nitrogen and oxygen atoms in total. The molecule has 152 valence electrons. The molecule has 2 fully saturated rings. The molecule has 2 aromatic rings. The van der Waals surface area contributed by atoms with Gasteiger partial charge in [0, 0.05) is 24.8 Å². The highest BCUT2D eigenvalue weighted by molar-refractivity contribution is 6.35. The molecule has 0 saturated carbocycles. The molecule has 2 aliphatic heterocycles. The van der Waals surface area contributed by atoms with Crippen molar-refractivity contribution in [2.75, 3.05) is 32.2 Å². The van der Waals surface area contributed by atoms with Gasteiger partial charge in [0.15, 0.2) is 6.29 Å². The van der Waals surface area contributed by atoms with Gasteiger partial charge >= 0.3 is 11.8 Å². The predicted molar refractivity (Wildman–Crippen MR) is 102 cm³/mol. The number of carbonyl (C=O) groups excluding carboxylic acids is 2. The van der Waals surface area contributed by atoms with Gasteiger partial charge in [0.2, 0.25) is 0 Å². The van der Waals surface area contributed by atoms with Crippen molar-refractivity contribution < 1.29 is 23.5 Å². The molecule has 1 N–H and O–H groups in total. The van der Waals surface area contributed by atoms with Crippen LogP contribution in [0.5, 0.6) is 11.5 Å². The van der Waals surface area contributed by atoms with E-state index in [4.69, 9.17) is 9.47 Å². The van der Waals surface area contributed by atoms with Crippen molar-refractivity contribution in [3.63, 3.8) is 0 Å². The second kappa shape index (κ2) is 7.59. The van der Waals surface area contributed by atoms with Gasteiger partial charge in [-0.15, -0.1) is 0 Å². The molecule has 9 heteroatoms. The van der Waals surface area contributed by atoms with Gasteiger partial charge in [-0.3, -0.25) is 19.5 Å². The fourth-order valence-corrected chi connectivity index (χ4v) is 3.58. The monoisotopic (exact) mass is 400 g/mol. The third kappa shape index (κ3) is 3.56. The van der Waals surface area contributed by atoms with E-state index < -0.39 is 18.1 Å². The summed E-state index contributed by atoms with van der Waals surface area (Å²) in [6.07, 6.45) is -0.529. The van der Waals surface area contributed by atoms with Crippen molar-refractivity contribution in [2.24, 2.45) is 0 Å². The number of carbonyl (C=O) groups is 2. The largest absolute Gasteiger partial charge is 0.497 e. The predicted octanol–water partition coefficient (Wildman–Crippen LogP) is 1.32. The molecule has 2 aliphatic rings.